The SMILES string of the molecule is COc1ccccc1-c1nnc2ccc(-c3ccc(C)cc3)cn12.COc1ccccc1-c1nnc2ccc(Br)cn12.COc1ccccc1C(=O)NNc1ccc(Br)cn1.COc1ccccc1C(=O)O.Cc1ccc(B(O)O)cc1.Clc1ccc(Br)cn1.N=N.NNc1ccc(Br)cn1.O.O=P(Cl)(Cl)Cl.[HH]. The Morgan fingerprint density at radius 2 is 0.907 bits per heavy atom. The molecule has 0 saturated heterocycles. The Labute approximate surface area is 670 Å². The molecular weight excluding hydrogens is 1740 g/mol. The lowest BCUT2D eigenvalue weighted by Gasteiger charge is -2.10. The molecule has 0 fully saturated rings. The second kappa shape index (κ2) is 47.3. The highest BCUT2D eigenvalue weighted by Gasteiger charge is 2.16. The van der Waals surface area contributed by atoms with Gasteiger partial charge >= 0.3 is 18.3 Å². The van der Waals surface area contributed by atoms with Crippen LogP contribution in [0.2, 0.25) is 5.15 Å². The number of hydrazine groups is 2. The Hall–Kier alpha value is -9.44. The summed E-state index contributed by atoms with van der Waals surface area (Å²) < 4.78 is 38.0. The number of amides is 1. The van der Waals surface area contributed by atoms with E-state index in [9.17, 15) is 14.2 Å². The van der Waals surface area contributed by atoms with E-state index in [1.165, 1.54) is 31.4 Å². The fourth-order valence-corrected chi connectivity index (χ4v) is 9.70. The number of carbonyl (C=O) groups is 2. The molecule has 560 valence electrons. The van der Waals surface area contributed by atoms with Gasteiger partial charge in [-0.15, -0.1) is 20.4 Å². The number of aromatic nitrogens is 9. The minimum atomic E-state index is -3.22. The number of hydrogen-bond donors (Lipinski definition) is 9. The van der Waals surface area contributed by atoms with Gasteiger partial charge in [0.25, 0.3) is 5.91 Å². The average molecular weight is 1810 g/mol. The number of ether oxygens (including phenoxy) is 4. The summed E-state index contributed by atoms with van der Waals surface area (Å²) in [6.45, 7) is 4.04. The van der Waals surface area contributed by atoms with Crippen LogP contribution in [0.3, 0.4) is 0 Å². The molecule has 12 N–H and O–H groups in total. The lowest BCUT2D eigenvalue weighted by atomic mass is 9.80. The molecule has 13 rings (SSSR count). The molecule has 6 aromatic carbocycles. The summed E-state index contributed by atoms with van der Waals surface area (Å²) in [7, 11) is 4.94. The second-order valence-corrected chi connectivity index (χ2v) is 31.4. The van der Waals surface area contributed by atoms with Crippen LogP contribution in [0, 0.1) is 24.9 Å². The topological polar surface area (TPSA) is 389 Å². The van der Waals surface area contributed by atoms with Crippen LogP contribution in [0.5, 0.6) is 23.0 Å². The number of aromatic carboxylic acids is 1. The van der Waals surface area contributed by atoms with Gasteiger partial charge in [0.15, 0.2) is 22.9 Å². The monoisotopic (exact) mass is 1810 g/mol. The molecule has 0 atom stereocenters. The fraction of sp³-hybridized carbons (Fsp3) is 0.0845. The summed E-state index contributed by atoms with van der Waals surface area (Å²) in [5.41, 5.74) is 27.0. The van der Waals surface area contributed by atoms with Crippen LogP contribution >= 0.6 is 114 Å². The molecule has 1 amide bonds. The molecule has 0 aliphatic heterocycles. The number of nitrogens with zero attached hydrogens (tertiary/aromatic N) is 9. The van der Waals surface area contributed by atoms with Gasteiger partial charge < -0.3 is 45.0 Å². The van der Waals surface area contributed by atoms with E-state index < -0.39 is 18.3 Å². The quantitative estimate of drug-likeness (QED) is 0.0129. The number of hydrogen-bond acceptors (Lipinski definition) is 21. The number of halogens is 8. The first kappa shape index (κ1) is 90.0. The summed E-state index contributed by atoms with van der Waals surface area (Å²) in [4.78, 5) is 34.3. The second-order valence-electron chi connectivity index (χ2n) is 20.7. The third kappa shape index (κ3) is 30.8. The molecule has 0 saturated carbocycles. The first-order valence-electron chi connectivity index (χ1n) is 30.4. The number of pyridine rings is 5. The van der Waals surface area contributed by atoms with Gasteiger partial charge in [0.2, 0.25) is 0 Å². The number of nitrogen functional groups attached to an aromatic ring is 1. The van der Waals surface area contributed by atoms with Gasteiger partial charge in [-0.3, -0.25) is 29.0 Å². The highest BCUT2D eigenvalue weighted by atomic mass is 79.9. The lowest BCUT2D eigenvalue weighted by molar-refractivity contribution is 0.0692. The van der Waals surface area contributed by atoms with Crippen molar-refractivity contribution in [1.29, 1.82) is 11.1 Å². The highest BCUT2D eigenvalue weighted by Crippen LogP contribution is 2.61. The molecule has 36 heteroatoms. The number of nitrogens with one attached hydrogen (secondary N) is 5. The molecule has 0 aliphatic carbocycles. The fourth-order valence-electron chi connectivity index (χ4n) is 8.55. The Bertz CT molecular complexity index is 4900. The Kier molecular flexibility index (Phi) is 39.8. The lowest BCUT2D eigenvalue weighted by Crippen LogP contribution is -2.30. The number of benzene rings is 6. The Morgan fingerprint density at radius 1 is 0.514 bits per heavy atom. The number of anilines is 2. The number of rotatable bonds is 13. The van der Waals surface area contributed by atoms with Gasteiger partial charge in [0.1, 0.15) is 45.4 Å². The van der Waals surface area contributed by atoms with Crippen molar-refractivity contribution in [3.8, 4) is 56.9 Å². The van der Waals surface area contributed by atoms with E-state index in [4.69, 9.17) is 62.6 Å². The van der Waals surface area contributed by atoms with Crippen LogP contribution < -0.4 is 46.5 Å². The van der Waals surface area contributed by atoms with E-state index in [1.54, 1.807) is 106 Å². The zero-order valence-electron chi connectivity index (χ0n) is 57.4. The minimum absolute atomic E-state index is 0. The number of carboxylic acid groups (broad SMARTS) is 1. The summed E-state index contributed by atoms with van der Waals surface area (Å²) in [6, 6.07) is 63.4. The summed E-state index contributed by atoms with van der Waals surface area (Å²) in [5.74, 6) is 9.04. The zero-order valence-corrected chi connectivity index (χ0v) is 67.6. The van der Waals surface area contributed by atoms with E-state index in [-0.39, 0.29) is 18.4 Å². The van der Waals surface area contributed by atoms with Gasteiger partial charge in [-0.25, -0.2) is 36.7 Å². The van der Waals surface area contributed by atoms with Crippen LogP contribution in [-0.4, -0.2) is 112 Å². The van der Waals surface area contributed by atoms with Gasteiger partial charge in [-0.2, -0.15) is 0 Å². The van der Waals surface area contributed by atoms with E-state index in [1.807, 2.05) is 119 Å². The van der Waals surface area contributed by atoms with Crippen molar-refractivity contribution < 1.29 is 55.2 Å². The van der Waals surface area contributed by atoms with E-state index >= 15 is 0 Å². The predicted octanol–water partition coefficient (Wildman–Crippen LogP) is 17.7. The molecular formula is C71H71BBr4Cl4N15O11P. The van der Waals surface area contributed by atoms with Crippen LogP contribution in [0.1, 0.15) is 33.3 Å². The van der Waals surface area contributed by atoms with Crippen molar-refractivity contribution in [2.24, 2.45) is 5.84 Å². The normalized spacial score (nSPS) is 9.88. The number of nitrogens with two attached hydrogens (primary N) is 1. The van der Waals surface area contributed by atoms with E-state index in [0.717, 1.165) is 74.6 Å². The third-order valence-corrected chi connectivity index (χ3v) is 15.6. The van der Waals surface area contributed by atoms with Crippen molar-refractivity contribution >= 4 is 162 Å². The van der Waals surface area contributed by atoms with Crippen molar-refractivity contribution in [2.45, 2.75) is 13.8 Å². The maximum atomic E-state index is 12.0. The zero-order chi connectivity index (χ0) is 77.7. The molecule has 7 aromatic heterocycles. The molecule has 0 aliphatic rings. The number of aryl methyl sites for hydroxylation is 2. The number of carboxylic acids is 1. The smallest absolute Gasteiger partial charge is 0.488 e. The summed E-state index contributed by atoms with van der Waals surface area (Å²) >= 11 is 32.5. The Morgan fingerprint density at radius 3 is 1.33 bits per heavy atom. The molecule has 0 unspecified atom stereocenters. The van der Waals surface area contributed by atoms with Crippen molar-refractivity contribution in [3.05, 3.63) is 283 Å². The van der Waals surface area contributed by atoms with E-state index in [0.29, 0.717) is 39.3 Å². The van der Waals surface area contributed by atoms with Crippen LogP contribution in [0.4, 0.5) is 11.6 Å². The first-order chi connectivity index (χ1) is 50.8. The van der Waals surface area contributed by atoms with Crippen LogP contribution in [-0.2, 0) is 4.57 Å². The van der Waals surface area contributed by atoms with Gasteiger partial charge in [-0.05, 0) is 237 Å². The summed E-state index contributed by atoms with van der Waals surface area (Å²) in [6.07, 6.45) is 8.98. The first-order valence-corrected chi connectivity index (χ1v) is 38.4. The maximum Gasteiger partial charge on any atom is 0.488 e. The number of fused-ring (bicyclic) bond motifs is 2. The van der Waals surface area contributed by atoms with E-state index in [2.05, 4.69) is 193 Å². The average Bonchev–Trinajstić information content (AvgIpc) is 1.64. The number of para-hydroxylation sites is 4. The molecule has 13 aromatic rings. The highest BCUT2D eigenvalue weighted by molar-refractivity contribution is 9.11. The molecule has 0 bridgehead atoms. The Balaban J connectivity index is 0.000000331. The maximum absolute atomic E-state index is 12.0. The number of carbonyl (C=O) groups excluding carboxylic acids is 1. The standard InChI is InChI=1S/C20H17N3O.C13H12BrN3O2.C13H10BrN3O.C8H8O3.C7H9BO2.C5H3BrClN.C5H6BrN3.Cl3OP.H2N2.H2O.H2/c1-14-7-9-15(10-8-14)16-11-12-19-21-22-20(23(19)13-16)17-5-3-4-6-18(17)24-2;1-19-11-5-3-2-4-10(11)13(18)17-16-12-7-6-9(14)8-15-12;1-18-11-5-3-2-4-10(11)13-16-15-12-7-6-9(14)8-17(12)13;1-11-7-5-3-2-4-6(7)8(9)10;1-6-2-4-7(5-3-6)8(9)10;6-4-1-2-5(7)8-3-4;6-4-1-2-5(9-7)8-3-4;1-5(2,3)4;1-2;;/h3-13H,1-2H3;2-8H,1H3,(H,15,16)(H,17,18);2-8H,1H3;2-5H,1H3,(H,9,10);2-5,9-10H,1H3;1-3H;1-3H,7H2,(H,8,9);;1-2H;1H2;1H. The van der Waals surface area contributed by atoms with Gasteiger partial charge in [-0.1, -0.05) is 120 Å². The number of methoxy groups -OCH3 is 4. The van der Waals surface area contributed by atoms with Crippen molar-refractivity contribution in [2.75, 3.05) is 39.3 Å². The van der Waals surface area contributed by atoms with Crippen LogP contribution in [0.15, 0.2) is 255 Å². The molecule has 26 nitrogen and oxygen atoms in total. The van der Waals surface area contributed by atoms with Crippen molar-refractivity contribution in [3.63, 3.8) is 0 Å². The third-order valence-electron chi connectivity index (χ3n) is 13.5. The molecule has 7 heterocycles. The van der Waals surface area contributed by atoms with Crippen LogP contribution in [0.25, 0.3) is 45.2 Å². The van der Waals surface area contributed by atoms with Gasteiger partial charge in [0.05, 0.1) is 45.1 Å². The molecule has 107 heavy (non-hydrogen) atoms. The predicted molar refractivity (Wildman–Crippen MR) is 438 cm³/mol. The molecule has 0 radical (unpaired) electrons. The van der Waals surface area contributed by atoms with Crippen molar-refractivity contribution in [1.82, 2.24) is 49.6 Å². The van der Waals surface area contributed by atoms with Gasteiger partial charge in [0, 0.05) is 50.3 Å². The molecule has 0 spiro atoms. The largest absolute Gasteiger partial charge is 0.496 e. The summed E-state index contributed by atoms with van der Waals surface area (Å²) in [5, 5.41) is 40.3. The minimum Gasteiger partial charge on any atom is -0.496 e.